The van der Waals surface area contributed by atoms with Crippen molar-refractivity contribution in [2.45, 2.75) is 58.5 Å². The third kappa shape index (κ3) is 1.69. The average molecular weight is 248 g/mol. The van der Waals surface area contributed by atoms with Crippen LogP contribution in [0.25, 0.3) is 0 Å². The van der Waals surface area contributed by atoms with E-state index in [2.05, 4.69) is 13.0 Å². The van der Waals surface area contributed by atoms with Crippen LogP contribution in [0.4, 0.5) is 0 Å². The number of rotatable bonds is 0. The van der Waals surface area contributed by atoms with Gasteiger partial charge in [0.25, 0.3) is 0 Å². The van der Waals surface area contributed by atoms with Crippen LogP contribution in [-0.4, -0.2) is 17.0 Å². The van der Waals surface area contributed by atoms with E-state index in [1.807, 2.05) is 6.92 Å². The van der Waals surface area contributed by atoms with Crippen LogP contribution in [0, 0.1) is 23.2 Å². The van der Waals surface area contributed by atoms with Crippen molar-refractivity contribution < 1.29 is 9.90 Å². The monoisotopic (exact) mass is 248 g/mol. The van der Waals surface area contributed by atoms with Gasteiger partial charge in [-0.15, -0.1) is 0 Å². The van der Waals surface area contributed by atoms with Crippen molar-refractivity contribution in [3.05, 3.63) is 11.6 Å². The van der Waals surface area contributed by atoms with E-state index < -0.39 is 0 Å². The molecule has 5 atom stereocenters. The smallest absolute Gasteiger partial charge is 0.161 e. The van der Waals surface area contributed by atoms with Gasteiger partial charge >= 0.3 is 0 Å². The molecule has 1 N–H and O–H groups in total. The number of carbonyl (C=O) groups is 1. The molecule has 2 heteroatoms. The Kier molecular flexibility index (Phi) is 2.89. The first kappa shape index (κ1) is 12.4. The highest BCUT2D eigenvalue weighted by atomic mass is 16.3. The van der Waals surface area contributed by atoms with E-state index in [1.165, 1.54) is 0 Å². The minimum Gasteiger partial charge on any atom is -0.393 e. The van der Waals surface area contributed by atoms with E-state index in [9.17, 15) is 9.90 Å². The molecule has 0 saturated heterocycles. The van der Waals surface area contributed by atoms with Crippen LogP contribution in [-0.2, 0) is 4.79 Å². The van der Waals surface area contributed by atoms with Crippen molar-refractivity contribution in [2.75, 3.05) is 0 Å². The number of aliphatic hydroxyl groups is 1. The third-order valence-corrected chi connectivity index (χ3v) is 6.07. The van der Waals surface area contributed by atoms with Gasteiger partial charge in [-0.3, -0.25) is 4.79 Å². The summed E-state index contributed by atoms with van der Waals surface area (Å²) in [6.07, 6.45) is 8.28. The number of hydrogen-bond donors (Lipinski definition) is 1. The first-order valence-electron chi connectivity index (χ1n) is 7.41. The fourth-order valence-electron chi connectivity index (χ4n) is 4.82. The zero-order chi connectivity index (χ0) is 12.9. The van der Waals surface area contributed by atoms with E-state index in [0.29, 0.717) is 17.6 Å². The molecule has 100 valence electrons. The summed E-state index contributed by atoms with van der Waals surface area (Å²) in [5, 5.41) is 9.87. The number of allylic oxidation sites excluding steroid dienone is 2. The van der Waals surface area contributed by atoms with Gasteiger partial charge in [0.05, 0.1) is 6.10 Å². The molecule has 3 aliphatic rings. The molecule has 0 spiro atoms. The largest absolute Gasteiger partial charge is 0.393 e. The van der Waals surface area contributed by atoms with Crippen molar-refractivity contribution in [1.82, 2.24) is 0 Å². The fourth-order valence-corrected chi connectivity index (χ4v) is 4.82. The van der Waals surface area contributed by atoms with Gasteiger partial charge in [-0.2, -0.15) is 0 Å². The normalized spacial score (nSPS) is 48.2. The topological polar surface area (TPSA) is 37.3 Å². The van der Waals surface area contributed by atoms with Gasteiger partial charge in [-0.1, -0.05) is 13.0 Å². The molecular formula is C16H24O2. The summed E-state index contributed by atoms with van der Waals surface area (Å²) in [6, 6.07) is 0. The lowest BCUT2D eigenvalue weighted by Gasteiger charge is -2.55. The summed E-state index contributed by atoms with van der Waals surface area (Å²) in [7, 11) is 0. The van der Waals surface area contributed by atoms with Crippen LogP contribution in [0.1, 0.15) is 52.4 Å². The molecule has 0 aromatic rings. The zero-order valence-electron chi connectivity index (χ0n) is 11.5. The Hall–Kier alpha value is -0.630. The molecule has 0 amide bonds. The Bertz CT molecular complexity index is 398. The highest BCUT2D eigenvalue weighted by Crippen LogP contribution is 2.57. The molecule has 2 fully saturated rings. The second-order valence-electron chi connectivity index (χ2n) is 6.91. The first-order chi connectivity index (χ1) is 8.52. The van der Waals surface area contributed by atoms with Gasteiger partial charge in [0.15, 0.2) is 5.78 Å². The maximum atomic E-state index is 12.3. The van der Waals surface area contributed by atoms with Gasteiger partial charge in [-0.25, -0.2) is 0 Å². The second kappa shape index (κ2) is 4.19. The summed E-state index contributed by atoms with van der Waals surface area (Å²) < 4.78 is 0. The maximum absolute atomic E-state index is 12.3. The number of aliphatic hydroxyl groups excluding tert-OH is 1. The van der Waals surface area contributed by atoms with Gasteiger partial charge in [0.1, 0.15) is 0 Å². The molecule has 0 radical (unpaired) electrons. The SMILES string of the molecule is CC1=CC[C@@H]2[C@H](CC[C@@H]3C[C@H](O)CC[C@@]32C)C1=O. The van der Waals surface area contributed by atoms with Crippen molar-refractivity contribution in [1.29, 1.82) is 0 Å². The van der Waals surface area contributed by atoms with Crippen LogP contribution in [0.5, 0.6) is 0 Å². The van der Waals surface area contributed by atoms with E-state index in [-0.39, 0.29) is 17.4 Å². The molecule has 3 rings (SSSR count). The molecule has 2 saturated carbocycles. The fraction of sp³-hybridized carbons (Fsp3) is 0.812. The molecular weight excluding hydrogens is 224 g/mol. The number of hydrogen-bond acceptors (Lipinski definition) is 2. The van der Waals surface area contributed by atoms with Gasteiger partial charge < -0.3 is 5.11 Å². The zero-order valence-corrected chi connectivity index (χ0v) is 11.5. The van der Waals surface area contributed by atoms with Gasteiger partial charge in [0, 0.05) is 5.92 Å². The quantitative estimate of drug-likeness (QED) is 0.715. The maximum Gasteiger partial charge on any atom is 0.161 e. The van der Waals surface area contributed by atoms with E-state index >= 15 is 0 Å². The Morgan fingerprint density at radius 3 is 2.89 bits per heavy atom. The molecule has 0 bridgehead atoms. The minimum absolute atomic E-state index is 0.101. The van der Waals surface area contributed by atoms with Crippen LogP contribution in [0.2, 0.25) is 0 Å². The van der Waals surface area contributed by atoms with Gasteiger partial charge in [-0.05, 0) is 68.3 Å². The van der Waals surface area contributed by atoms with Crippen LogP contribution in [0.3, 0.4) is 0 Å². The molecule has 0 unspecified atom stereocenters. The molecule has 18 heavy (non-hydrogen) atoms. The molecule has 0 heterocycles. The van der Waals surface area contributed by atoms with Crippen molar-refractivity contribution in [3.63, 3.8) is 0 Å². The van der Waals surface area contributed by atoms with Gasteiger partial charge in [0.2, 0.25) is 0 Å². The highest BCUT2D eigenvalue weighted by molar-refractivity contribution is 5.97. The van der Waals surface area contributed by atoms with Crippen molar-refractivity contribution in [3.8, 4) is 0 Å². The Balaban J connectivity index is 1.91. The lowest BCUT2D eigenvalue weighted by Crippen LogP contribution is -2.50. The van der Waals surface area contributed by atoms with Crippen molar-refractivity contribution >= 4 is 5.78 Å². The number of fused-ring (bicyclic) bond motifs is 3. The second-order valence-corrected chi connectivity index (χ2v) is 6.91. The summed E-state index contributed by atoms with van der Waals surface area (Å²) in [5.74, 6) is 1.82. The number of carbonyl (C=O) groups excluding carboxylic acids is 1. The lowest BCUT2D eigenvalue weighted by molar-refractivity contribution is -0.132. The summed E-state index contributed by atoms with van der Waals surface area (Å²) in [4.78, 5) is 12.3. The minimum atomic E-state index is -0.101. The molecule has 2 nitrogen and oxygen atoms in total. The highest BCUT2D eigenvalue weighted by Gasteiger charge is 2.52. The third-order valence-electron chi connectivity index (χ3n) is 6.07. The molecule has 0 aliphatic heterocycles. The van der Waals surface area contributed by atoms with E-state index in [0.717, 1.165) is 44.1 Å². The van der Waals surface area contributed by atoms with Crippen LogP contribution >= 0.6 is 0 Å². The van der Waals surface area contributed by atoms with E-state index in [1.54, 1.807) is 0 Å². The Morgan fingerprint density at radius 1 is 1.33 bits per heavy atom. The summed E-state index contributed by atoms with van der Waals surface area (Å²) in [6.45, 7) is 4.35. The van der Waals surface area contributed by atoms with Crippen LogP contribution in [0.15, 0.2) is 11.6 Å². The molecule has 0 aromatic heterocycles. The molecule has 0 aromatic carbocycles. The Morgan fingerprint density at radius 2 is 2.11 bits per heavy atom. The predicted molar refractivity (Wildman–Crippen MR) is 71.0 cm³/mol. The molecule has 3 aliphatic carbocycles. The number of ketones is 1. The van der Waals surface area contributed by atoms with Crippen molar-refractivity contribution in [2.24, 2.45) is 23.2 Å². The Labute approximate surface area is 109 Å². The first-order valence-corrected chi connectivity index (χ1v) is 7.41. The summed E-state index contributed by atoms with van der Waals surface area (Å²) in [5.41, 5.74) is 1.27. The lowest BCUT2D eigenvalue weighted by atomic mass is 9.50. The summed E-state index contributed by atoms with van der Waals surface area (Å²) >= 11 is 0. The standard InChI is InChI=1S/C16H24O2/c1-10-3-6-14-13(15(10)18)5-4-11-9-12(17)7-8-16(11,14)2/h3,11-14,17H,4-9H2,1-2H3/t11-,12-,13+,14-,16+/m1/s1. The van der Waals surface area contributed by atoms with Crippen LogP contribution < -0.4 is 0 Å². The number of Topliss-reactive ketones (excluding diaryl/α,β-unsaturated/α-hetero) is 1. The predicted octanol–water partition coefficient (Wildman–Crippen LogP) is 3.10. The average Bonchev–Trinajstić information content (AvgIpc) is 2.34. The van der Waals surface area contributed by atoms with E-state index in [4.69, 9.17) is 0 Å².